The lowest BCUT2D eigenvalue weighted by atomic mass is 10.1. The Morgan fingerprint density at radius 1 is 1.28 bits per heavy atom. The predicted molar refractivity (Wildman–Crippen MR) is 98.1 cm³/mol. The zero-order valence-electron chi connectivity index (χ0n) is 15.6. The Labute approximate surface area is 165 Å². The van der Waals surface area contributed by atoms with Crippen LogP contribution in [0.15, 0.2) is 42.5 Å². The van der Waals surface area contributed by atoms with Gasteiger partial charge in [0.15, 0.2) is 5.69 Å². The molecule has 4 rings (SSSR count). The van der Waals surface area contributed by atoms with Crippen molar-refractivity contribution in [3.05, 3.63) is 76.6 Å². The van der Waals surface area contributed by atoms with E-state index < -0.39 is 17.5 Å². The molecule has 1 aliphatic rings. The van der Waals surface area contributed by atoms with E-state index in [1.807, 2.05) is 24.3 Å². The predicted octanol–water partition coefficient (Wildman–Crippen LogP) is 2.77. The number of nitrogens with one attached hydrogen (secondary N) is 1. The van der Waals surface area contributed by atoms with Crippen molar-refractivity contribution in [2.45, 2.75) is 25.8 Å². The molecule has 0 spiro atoms. The van der Waals surface area contributed by atoms with Crippen molar-refractivity contribution in [1.82, 2.24) is 20.3 Å². The van der Waals surface area contributed by atoms with Crippen LogP contribution in [0.3, 0.4) is 0 Å². The summed E-state index contributed by atoms with van der Waals surface area (Å²) in [5, 5.41) is 10.5. The van der Waals surface area contributed by atoms with Crippen molar-refractivity contribution in [1.29, 1.82) is 0 Å². The van der Waals surface area contributed by atoms with E-state index in [1.54, 1.807) is 11.8 Å². The van der Waals surface area contributed by atoms with Crippen LogP contribution < -0.4 is 10.1 Å². The summed E-state index contributed by atoms with van der Waals surface area (Å²) in [6, 6.07) is 10.6. The van der Waals surface area contributed by atoms with Crippen molar-refractivity contribution in [3.8, 4) is 5.75 Å². The first-order chi connectivity index (χ1) is 14.0. The number of rotatable bonds is 5. The van der Waals surface area contributed by atoms with Gasteiger partial charge in [-0.3, -0.25) is 4.79 Å². The number of benzene rings is 2. The lowest BCUT2D eigenvalue weighted by Crippen LogP contribution is -2.27. The van der Waals surface area contributed by atoms with Crippen LogP contribution in [0.25, 0.3) is 0 Å². The molecule has 1 amide bonds. The van der Waals surface area contributed by atoms with Gasteiger partial charge in [-0.1, -0.05) is 17.3 Å². The van der Waals surface area contributed by atoms with Crippen LogP contribution in [0, 0.1) is 11.6 Å². The Bertz CT molecular complexity index is 1040. The van der Waals surface area contributed by atoms with E-state index in [0.717, 1.165) is 29.5 Å². The Morgan fingerprint density at radius 2 is 2.07 bits per heavy atom. The average Bonchev–Trinajstić information content (AvgIpc) is 3.17. The number of aromatic nitrogens is 3. The standard InChI is InChI=1S/C20H18F2N4O3/c1-28-15-5-2-12(3-6-15)18-10-26-17(11-29-18)19(24-25-26)20(27)23-9-13-8-14(21)4-7-16(13)22/h2-8,18H,9-11H2,1H3,(H,23,27)/t18-/m0/s1. The summed E-state index contributed by atoms with van der Waals surface area (Å²) >= 11 is 0. The summed E-state index contributed by atoms with van der Waals surface area (Å²) < 4.78 is 39.6. The Balaban J connectivity index is 1.44. The normalized spacial score (nSPS) is 15.6. The van der Waals surface area contributed by atoms with E-state index in [1.165, 1.54) is 0 Å². The van der Waals surface area contributed by atoms with Crippen LogP contribution in [-0.2, 0) is 24.4 Å². The molecule has 0 radical (unpaired) electrons. The van der Waals surface area contributed by atoms with Gasteiger partial charge in [-0.25, -0.2) is 13.5 Å². The van der Waals surface area contributed by atoms with Gasteiger partial charge in [-0.05, 0) is 35.9 Å². The number of halogens is 2. The Kier molecular flexibility index (Phi) is 5.22. The number of carbonyl (C=O) groups excluding carboxylic acids is 1. The van der Waals surface area contributed by atoms with E-state index in [9.17, 15) is 13.6 Å². The summed E-state index contributed by atoms with van der Waals surface area (Å²) in [5.74, 6) is -0.946. The summed E-state index contributed by atoms with van der Waals surface area (Å²) in [4.78, 5) is 12.5. The highest BCUT2D eigenvalue weighted by Crippen LogP contribution is 2.28. The summed E-state index contributed by atoms with van der Waals surface area (Å²) in [6.45, 7) is 0.394. The van der Waals surface area contributed by atoms with Crippen LogP contribution in [0.5, 0.6) is 5.75 Å². The molecule has 29 heavy (non-hydrogen) atoms. The second-order valence-electron chi connectivity index (χ2n) is 6.56. The number of ether oxygens (including phenoxy) is 2. The lowest BCUT2D eigenvalue weighted by molar-refractivity contribution is -0.00179. The minimum atomic E-state index is -0.595. The second-order valence-corrected chi connectivity index (χ2v) is 6.56. The minimum absolute atomic E-state index is 0.0511. The molecule has 1 aromatic heterocycles. The fourth-order valence-electron chi connectivity index (χ4n) is 3.15. The molecule has 0 saturated carbocycles. The number of methoxy groups -OCH3 is 1. The van der Waals surface area contributed by atoms with Gasteiger partial charge in [-0.2, -0.15) is 0 Å². The highest BCUT2D eigenvalue weighted by molar-refractivity contribution is 5.93. The summed E-state index contributed by atoms with van der Waals surface area (Å²) in [6.07, 6.45) is -0.229. The first-order valence-corrected chi connectivity index (χ1v) is 8.95. The van der Waals surface area contributed by atoms with Gasteiger partial charge < -0.3 is 14.8 Å². The highest BCUT2D eigenvalue weighted by atomic mass is 19.1. The SMILES string of the molecule is COc1ccc([C@@H]2Cn3nnc(C(=O)NCc4cc(F)ccc4F)c3CO2)cc1. The number of hydrogen-bond acceptors (Lipinski definition) is 5. The molecule has 3 aromatic rings. The van der Waals surface area contributed by atoms with Gasteiger partial charge >= 0.3 is 0 Å². The molecule has 0 fully saturated rings. The van der Waals surface area contributed by atoms with Gasteiger partial charge in [0.2, 0.25) is 0 Å². The van der Waals surface area contributed by atoms with Crippen LogP contribution in [0.2, 0.25) is 0 Å². The number of fused-ring (bicyclic) bond motifs is 1. The van der Waals surface area contributed by atoms with Crippen molar-refractivity contribution in [2.75, 3.05) is 7.11 Å². The summed E-state index contributed by atoms with van der Waals surface area (Å²) in [7, 11) is 1.60. The van der Waals surface area contributed by atoms with Crippen molar-refractivity contribution in [3.63, 3.8) is 0 Å². The molecule has 1 N–H and O–H groups in total. The number of nitrogens with zero attached hydrogens (tertiary/aromatic N) is 3. The quantitative estimate of drug-likeness (QED) is 0.713. The number of hydrogen-bond donors (Lipinski definition) is 1. The number of amides is 1. The maximum Gasteiger partial charge on any atom is 0.274 e. The van der Waals surface area contributed by atoms with Crippen LogP contribution in [0.4, 0.5) is 8.78 Å². The topological polar surface area (TPSA) is 78.3 Å². The van der Waals surface area contributed by atoms with Gasteiger partial charge in [0.05, 0.1) is 26.0 Å². The molecule has 7 nitrogen and oxygen atoms in total. The van der Waals surface area contributed by atoms with E-state index in [-0.39, 0.29) is 30.5 Å². The smallest absolute Gasteiger partial charge is 0.274 e. The molecular formula is C20H18F2N4O3. The molecule has 0 saturated heterocycles. The molecule has 150 valence electrons. The zero-order chi connectivity index (χ0) is 20.4. The molecule has 1 atom stereocenters. The molecule has 0 bridgehead atoms. The largest absolute Gasteiger partial charge is 0.497 e. The third-order valence-corrected chi connectivity index (χ3v) is 4.75. The summed E-state index contributed by atoms with van der Waals surface area (Å²) in [5.41, 5.74) is 1.65. The fraction of sp³-hybridized carbons (Fsp3) is 0.250. The lowest BCUT2D eigenvalue weighted by Gasteiger charge is -2.24. The molecule has 1 aliphatic heterocycles. The van der Waals surface area contributed by atoms with E-state index in [4.69, 9.17) is 9.47 Å². The van der Waals surface area contributed by atoms with Crippen LogP contribution >= 0.6 is 0 Å². The first-order valence-electron chi connectivity index (χ1n) is 8.95. The van der Waals surface area contributed by atoms with Crippen molar-refractivity contribution in [2.24, 2.45) is 0 Å². The second kappa shape index (κ2) is 7.96. The Hall–Kier alpha value is -3.33. The molecule has 2 heterocycles. The molecule has 9 heteroatoms. The van der Waals surface area contributed by atoms with E-state index in [2.05, 4.69) is 15.6 Å². The van der Waals surface area contributed by atoms with Gasteiger partial charge in [0, 0.05) is 12.1 Å². The van der Waals surface area contributed by atoms with E-state index in [0.29, 0.717) is 12.2 Å². The first kappa shape index (κ1) is 19.0. The molecular weight excluding hydrogens is 382 g/mol. The third kappa shape index (κ3) is 3.95. The van der Waals surface area contributed by atoms with Crippen LogP contribution in [0.1, 0.15) is 33.4 Å². The van der Waals surface area contributed by atoms with Crippen molar-refractivity contribution < 1.29 is 23.0 Å². The van der Waals surface area contributed by atoms with Gasteiger partial charge in [0.25, 0.3) is 5.91 Å². The average molecular weight is 400 g/mol. The third-order valence-electron chi connectivity index (χ3n) is 4.75. The van der Waals surface area contributed by atoms with Crippen LogP contribution in [-0.4, -0.2) is 28.0 Å². The fourth-order valence-corrected chi connectivity index (χ4v) is 3.15. The monoisotopic (exact) mass is 400 g/mol. The maximum atomic E-state index is 13.7. The molecule has 0 unspecified atom stereocenters. The zero-order valence-corrected chi connectivity index (χ0v) is 15.6. The van der Waals surface area contributed by atoms with E-state index >= 15 is 0 Å². The van der Waals surface area contributed by atoms with Crippen molar-refractivity contribution >= 4 is 5.91 Å². The molecule has 2 aromatic carbocycles. The van der Waals surface area contributed by atoms with Gasteiger partial charge in [-0.15, -0.1) is 5.10 Å². The highest BCUT2D eigenvalue weighted by Gasteiger charge is 2.27. The van der Waals surface area contributed by atoms with Gasteiger partial charge in [0.1, 0.15) is 23.5 Å². The molecule has 0 aliphatic carbocycles. The number of carbonyl (C=O) groups is 1. The maximum absolute atomic E-state index is 13.7. The minimum Gasteiger partial charge on any atom is -0.497 e. The Morgan fingerprint density at radius 3 is 2.83 bits per heavy atom.